The first-order valence-corrected chi connectivity index (χ1v) is 10.6. The third-order valence-corrected chi connectivity index (χ3v) is 7.09. The minimum atomic E-state index is -3.86. The summed E-state index contributed by atoms with van der Waals surface area (Å²) in [4.78, 5) is 2.09. The van der Waals surface area contributed by atoms with Crippen LogP contribution in [0.5, 0.6) is 0 Å². The molecule has 0 N–H and O–H groups in total. The summed E-state index contributed by atoms with van der Waals surface area (Å²) >= 11 is 0. The molecule has 7 heteroatoms. The van der Waals surface area contributed by atoms with Crippen molar-refractivity contribution in [3.63, 3.8) is 0 Å². The van der Waals surface area contributed by atoms with E-state index >= 15 is 0 Å². The molecular formula is C18H27FN2O3S. The van der Waals surface area contributed by atoms with Crippen molar-refractivity contribution < 1.29 is 17.5 Å². The lowest BCUT2D eigenvalue weighted by atomic mass is 10.1. The zero-order valence-corrected chi connectivity index (χ0v) is 15.4. The fourth-order valence-electron chi connectivity index (χ4n) is 3.68. The van der Waals surface area contributed by atoms with Gasteiger partial charge in [0.15, 0.2) is 0 Å². The maximum atomic E-state index is 14.2. The van der Waals surface area contributed by atoms with Crippen molar-refractivity contribution in [2.45, 2.75) is 43.0 Å². The molecule has 2 aliphatic rings. The largest absolute Gasteiger partial charge is 0.381 e. The van der Waals surface area contributed by atoms with Crippen LogP contribution in [0.3, 0.4) is 0 Å². The molecule has 0 aliphatic carbocycles. The molecule has 3 rings (SSSR count). The summed E-state index contributed by atoms with van der Waals surface area (Å²) in [5.41, 5.74) is 0. The van der Waals surface area contributed by atoms with Gasteiger partial charge in [0.05, 0.1) is 0 Å². The lowest BCUT2D eigenvalue weighted by Gasteiger charge is -2.35. The molecule has 5 nitrogen and oxygen atoms in total. The minimum Gasteiger partial charge on any atom is -0.381 e. The summed E-state index contributed by atoms with van der Waals surface area (Å²) in [7, 11) is -3.86. The zero-order chi connectivity index (χ0) is 17.7. The molecule has 140 valence electrons. The summed E-state index contributed by atoms with van der Waals surface area (Å²) in [5, 5.41) is 0. The second-order valence-electron chi connectivity index (χ2n) is 6.79. The van der Waals surface area contributed by atoms with E-state index in [0.29, 0.717) is 39.1 Å². The molecule has 0 amide bonds. The Kier molecular flexibility index (Phi) is 6.44. The molecule has 0 bridgehead atoms. The molecule has 2 heterocycles. The number of nitrogens with zero attached hydrogens (tertiary/aromatic N) is 2. The van der Waals surface area contributed by atoms with E-state index in [4.69, 9.17) is 4.74 Å². The zero-order valence-electron chi connectivity index (χ0n) is 14.6. The van der Waals surface area contributed by atoms with Crippen LogP contribution in [0.25, 0.3) is 0 Å². The SMILES string of the molecule is O=S(=O)(c1ccccc1F)N(CCN1CCCCC1)C1CCOCC1. The maximum Gasteiger partial charge on any atom is 0.246 e. The molecule has 1 aromatic rings. The number of sulfonamides is 1. The monoisotopic (exact) mass is 370 g/mol. The number of rotatable bonds is 6. The van der Waals surface area contributed by atoms with Crippen molar-refractivity contribution >= 4 is 10.0 Å². The van der Waals surface area contributed by atoms with Crippen molar-refractivity contribution in [2.75, 3.05) is 39.4 Å². The smallest absolute Gasteiger partial charge is 0.246 e. The molecule has 0 saturated carbocycles. The van der Waals surface area contributed by atoms with Gasteiger partial charge in [0.25, 0.3) is 0 Å². The maximum absolute atomic E-state index is 14.2. The van der Waals surface area contributed by atoms with Gasteiger partial charge in [0.2, 0.25) is 10.0 Å². The van der Waals surface area contributed by atoms with Gasteiger partial charge in [0.1, 0.15) is 10.7 Å². The van der Waals surface area contributed by atoms with Crippen molar-refractivity contribution in [3.8, 4) is 0 Å². The molecule has 2 fully saturated rings. The Morgan fingerprint density at radius 2 is 1.80 bits per heavy atom. The number of halogens is 1. The molecule has 0 radical (unpaired) electrons. The van der Waals surface area contributed by atoms with E-state index in [0.717, 1.165) is 25.9 Å². The Bertz CT molecular complexity index is 656. The van der Waals surface area contributed by atoms with E-state index in [-0.39, 0.29) is 10.9 Å². The van der Waals surface area contributed by atoms with Gasteiger partial charge in [-0.2, -0.15) is 4.31 Å². The van der Waals surface area contributed by atoms with E-state index in [1.54, 1.807) is 6.07 Å². The van der Waals surface area contributed by atoms with Gasteiger partial charge in [-0.1, -0.05) is 18.6 Å². The van der Waals surface area contributed by atoms with E-state index in [1.165, 1.54) is 28.9 Å². The van der Waals surface area contributed by atoms with Crippen molar-refractivity contribution in [3.05, 3.63) is 30.1 Å². The second kappa shape index (κ2) is 8.58. The van der Waals surface area contributed by atoms with Crippen LogP contribution < -0.4 is 0 Å². The fourth-order valence-corrected chi connectivity index (χ4v) is 5.42. The predicted octanol–water partition coefficient (Wildman–Crippen LogP) is 2.48. The normalized spacial score (nSPS) is 20.9. The predicted molar refractivity (Wildman–Crippen MR) is 94.4 cm³/mol. The molecule has 0 aromatic heterocycles. The molecule has 0 atom stereocenters. The van der Waals surface area contributed by atoms with Crippen LogP contribution in [0.1, 0.15) is 32.1 Å². The summed E-state index contributed by atoms with van der Waals surface area (Å²) in [6, 6.07) is 5.53. The average molecular weight is 370 g/mol. The van der Waals surface area contributed by atoms with Gasteiger partial charge in [0, 0.05) is 32.3 Å². The molecule has 2 saturated heterocycles. The van der Waals surface area contributed by atoms with Gasteiger partial charge >= 0.3 is 0 Å². The number of hydrogen-bond donors (Lipinski definition) is 0. The lowest BCUT2D eigenvalue weighted by molar-refractivity contribution is 0.0557. The van der Waals surface area contributed by atoms with Crippen LogP contribution in [0.15, 0.2) is 29.2 Å². The number of piperidine rings is 1. The first-order valence-electron chi connectivity index (χ1n) is 9.15. The molecule has 2 aliphatic heterocycles. The standard InChI is InChI=1S/C18H27FN2O3S/c19-17-6-2-3-7-18(17)25(22,23)21(16-8-14-24-15-9-16)13-12-20-10-4-1-5-11-20/h2-3,6-7,16H,1,4-5,8-15H2. The first-order chi connectivity index (χ1) is 12.1. The van der Waals surface area contributed by atoms with E-state index < -0.39 is 15.8 Å². The van der Waals surface area contributed by atoms with Gasteiger partial charge < -0.3 is 9.64 Å². The fraction of sp³-hybridized carbons (Fsp3) is 0.667. The van der Waals surface area contributed by atoms with E-state index in [1.807, 2.05) is 0 Å². The minimum absolute atomic E-state index is 0.122. The van der Waals surface area contributed by atoms with Crippen LogP contribution in [-0.4, -0.2) is 63.1 Å². The third-order valence-electron chi connectivity index (χ3n) is 5.11. The third kappa shape index (κ3) is 4.58. The Morgan fingerprint density at radius 3 is 2.48 bits per heavy atom. The molecule has 25 heavy (non-hydrogen) atoms. The number of benzene rings is 1. The highest BCUT2D eigenvalue weighted by Gasteiger charge is 2.34. The van der Waals surface area contributed by atoms with E-state index in [9.17, 15) is 12.8 Å². The van der Waals surface area contributed by atoms with Crippen LogP contribution in [-0.2, 0) is 14.8 Å². The highest BCUT2D eigenvalue weighted by molar-refractivity contribution is 7.89. The summed E-state index contributed by atoms with van der Waals surface area (Å²) < 4.78 is 47.4. The number of hydrogen-bond acceptors (Lipinski definition) is 4. The average Bonchev–Trinajstić information content (AvgIpc) is 2.64. The first kappa shape index (κ1) is 18.8. The summed E-state index contributed by atoms with van der Waals surface area (Å²) in [6.07, 6.45) is 4.89. The van der Waals surface area contributed by atoms with Gasteiger partial charge in [-0.25, -0.2) is 12.8 Å². The molecule has 0 spiro atoms. The molecule has 0 unspecified atom stereocenters. The molecule has 1 aromatic carbocycles. The topological polar surface area (TPSA) is 49.9 Å². The lowest BCUT2D eigenvalue weighted by Crippen LogP contribution is -2.47. The van der Waals surface area contributed by atoms with Crippen LogP contribution in [0.4, 0.5) is 4.39 Å². The van der Waals surface area contributed by atoms with E-state index in [2.05, 4.69) is 4.90 Å². The molecular weight excluding hydrogens is 343 g/mol. The highest BCUT2D eigenvalue weighted by atomic mass is 32.2. The van der Waals surface area contributed by atoms with Crippen molar-refractivity contribution in [1.29, 1.82) is 0 Å². The Morgan fingerprint density at radius 1 is 1.12 bits per heavy atom. The number of likely N-dealkylation sites (tertiary alicyclic amines) is 1. The quantitative estimate of drug-likeness (QED) is 0.772. The highest BCUT2D eigenvalue weighted by Crippen LogP contribution is 2.25. The Labute approximate surface area is 149 Å². The summed E-state index contributed by atoms with van der Waals surface area (Å²) in [5.74, 6) is -0.683. The second-order valence-corrected chi connectivity index (χ2v) is 8.65. The van der Waals surface area contributed by atoms with Gasteiger partial charge in [-0.15, -0.1) is 0 Å². The van der Waals surface area contributed by atoms with Crippen LogP contribution in [0, 0.1) is 5.82 Å². The Hall–Kier alpha value is -1.02. The van der Waals surface area contributed by atoms with Crippen molar-refractivity contribution in [1.82, 2.24) is 9.21 Å². The number of ether oxygens (including phenoxy) is 1. The van der Waals surface area contributed by atoms with Crippen LogP contribution >= 0.6 is 0 Å². The van der Waals surface area contributed by atoms with Gasteiger partial charge in [-0.05, 0) is 50.9 Å². The van der Waals surface area contributed by atoms with Crippen molar-refractivity contribution in [2.24, 2.45) is 0 Å². The van der Waals surface area contributed by atoms with Gasteiger partial charge in [-0.3, -0.25) is 0 Å². The van der Waals surface area contributed by atoms with Crippen LogP contribution in [0.2, 0.25) is 0 Å². The Balaban J connectivity index is 1.80. The summed E-state index contributed by atoms with van der Waals surface area (Å²) in [6.45, 7) is 4.24.